The molecule has 120 valence electrons. The van der Waals surface area contributed by atoms with Crippen molar-refractivity contribution in [1.29, 1.82) is 0 Å². The maximum Gasteiger partial charge on any atom is 0.226 e. The molecule has 3 aromatic rings. The summed E-state index contributed by atoms with van der Waals surface area (Å²) >= 11 is 1.47. The Hall–Kier alpha value is -2.22. The van der Waals surface area contributed by atoms with Crippen molar-refractivity contribution in [3.05, 3.63) is 41.6 Å². The van der Waals surface area contributed by atoms with Gasteiger partial charge in [0.05, 0.1) is 11.4 Å². The molecule has 3 rings (SSSR count). The van der Waals surface area contributed by atoms with Crippen molar-refractivity contribution in [1.82, 2.24) is 30.4 Å². The molecule has 0 N–H and O–H groups in total. The van der Waals surface area contributed by atoms with E-state index in [0.717, 1.165) is 12.1 Å². The van der Waals surface area contributed by atoms with E-state index in [0.29, 0.717) is 28.6 Å². The first kappa shape index (κ1) is 15.7. The molecule has 0 fully saturated rings. The van der Waals surface area contributed by atoms with Crippen molar-refractivity contribution in [2.24, 2.45) is 0 Å². The van der Waals surface area contributed by atoms with Crippen molar-refractivity contribution in [2.45, 2.75) is 44.0 Å². The second-order valence-corrected chi connectivity index (χ2v) is 6.29. The number of benzene rings is 1. The summed E-state index contributed by atoms with van der Waals surface area (Å²) < 4.78 is 7.21. The van der Waals surface area contributed by atoms with Gasteiger partial charge in [0.15, 0.2) is 0 Å². The van der Waals surface area contributed by atoms with E-state index in [1.54, 1.807) is 4.68 Å². The summed E-state index contributed by atoms with van der Waals surface area (Å²) in [6.07, 6.45) is 0.734. The molecule has 0 radical (unpaired) electrons. The summed E-state index contributed by atoms with van der Waals surface area (Å²) in [5.41, 5.74) is 2.22. The quantitative estimate of drug-likeness (QED) is 0.642. The van der Waals surface area contributed by atoms with Crippen LogP contribution in [-0.2, 0) is 12.2 Å². The fraction of sp³-hybridized carbons (Fsp3) is 0.400. The van der Waals surface area contributed by atoms with E-state index in [4.69, 9.17) is 4.42 Å². The van der Waals surface area contributed by atoms with E-state index in [1.807, 2.05) is 19.1 Å². The lowest BCUT2D eigenvalue weighted by Crippen LogP contribution is -2.00. The highest BCUT2D eigenvalue weighted by molar-refractivity contribution is 7.98. The summed E-state index contributed by atoms with van der Waals surface area (Å²) in [5, 5.41) is 20.5. The predicted molar refractivity (Wildman–Crippen MR) is 86.5 cm³/mol. The minimum atomic E-state index is 0.497. The van der Waals surface area contributed by atoms with E-state index < -0.39 is 0 Å². The minimum absolute atomic E-state index is 0.497. The molecule has 0 aliphatic carbocycles. The average molecular weight is 330 g/mol. The summed E-state index contributed by atoms with van der Waals surface area (Å²) in [6, 6.07) is 8.25. The summed E-state index contributed by atoms with van der Waals surface area (Å²) in [7, 11) is 0. The lowest BCUT2D eigenvalue weighted by molar-refractivity contribution is 0.469. The maximum atomic E-state index is 5.50. The second-order valence-electron chi connectivity index (χ2n) is 5.35. The van der Waals surface area contributed by atoms with Crippen LogP contribution in [0.15, 0.2) is 33.8 Å². The highest BCUT2D eigenvalue weighted by atomic mass is 32.2. The average Bonchev–Trinajstić information content (AvgIpc) is 3.22. The molecular formula is C15H18N6OS. The third-order valence-corrected chi connectivity index (χ3v) is 4.29. The van der Waals surface area contributed by atoms with Gasteiger partial charge in [0.2, 0.25) is 16.9 Å². The Kier molecular flexibility index (Phi) is 4.71. The van der Waals surface area contributed by atoms with Crippen LogP contribution in [0.25, 0.3) is 5.69 Å². The fourth-order valence-electron chi connectivity index (χ4n) is 2.05. The SMILES string of the molecule is CCc1nnc(CSc2nnnn2-c2ccc(C(C)C)cc2)o1. The normalized spacial score (nSPS) is 11.3. The first-order valence-electron chi connectivity index (χ1n) is 7.50. The molecule has 7 nitrogen and oxygen atoms in total. The van der Waals surface area contributed by atoms with Crippen molar-refractivity contribution < 1.29 is 4.42 Å². The third-order valence-electron chi connectivity index (χ3n) is 3.38. The number of thioether (sulfide) groups is 1. The number of aryl methyl sites for hydroxylation is 1. The first-order chi connectivity index (χ1) is 11.2. The van der Waals surface area contributed by atoms with Crippen LogP contribution in [0.5, 0.6) is 0 Å². The van der Waals surface area contributed by atoms with Gasteiger partial charge in [0.25, 0.3) is 0 Å². The van der Waals surface area contributed by atoms with Crippen molar-refractivity contribution in [3.63, 3.8) is 0 Å². The largest absolute Gasteiger partial charge is 0.424 e. The summed E-state index contributed by atoms with van der Waals surface area (Å²) in [5.74, 6) is 2.26. The molecule has 2 aromatic heterocycles. The van der Waals surface area contributed by atoms with Crippen LogP contribution in [-0.4, -0.2) is 30.4 Å². The summed E-state index contributed by atoms with van der Waals surface area (Å²) in [4.78, 5) is 0. The molecule has 0 amide bonds. The number of nitrogens with zero attached hydrogens (tertiary/aromatic N) is 6. The molecule has 0 bridgehead atoms. The van der Waals surface area contributed by atoms with Crippen molar-refractivity contribution in [2.75, 3.05) is 0 Å². The lowest BCUT2D eigenvalue weighted by Gasteiger charge is -2.07. The zero-order chi connectivity index (χ0) is 16.2. The molecule has 0 saturated heterocycles. The molecule has 1 aromatic carbocycles. The lowest BCUT2D eigenvalue weighted by atomic mass is 10.0. The number of hydrogen-bond acceptors (Lipinski definition) is 7. The Morgan fingerprint density at radius 1 is 1.09 bits per heavy atom. The van der Waals surface area contributed by atoms with Crippen LogP contribution in [0.3, 0.4) is 0 Å². The Balaban J connectivity index is 1.73. The molecule has 0 atom stereocenters. The fourth-order valence-corrected chi connectivity index (χ4v) is 2.77. The number of tetrazole rings is 1. The summed E-state index contributed by atoms with van der Waals surface area (Å²) in [6.45, 7) is 6.32. The van der Waals surface area contributed by atoms with Gasteiger partial charge in [-0.3, -0.25) is 0 Å². The number of aromatic nitrogens is 6. The van der Waals surface area contributed by atoms with Crippen LogP contribution in [0.1, 0.15) is 44.0 Å². The van der Waals surface area contributed by atoms with Crippen molar-refractivity contribution in [3.8, 4) is 5.69 Å². The zero-order valence-electron chi connectivity index (χ0n) is 13.3. The van der Waals surface area contributed by atoms with Gasteiger partial charge < -0.3 is 4.42 Å². The van der Waals surface area contributed by atoms with E-state index in [9.17, 15) is 0 Å². The molecule has 0 spiro atoms. The van der Waals surface area contributed by atoms with Crippen LogP contribution in [0, 0.1) is 0 Å². The predicted octanol–water partition coefficient (Wildman–Crippen LogP) is 3.02. The molecule has 2 heterocycles. The third kappa shape index (κ3) is 3.58. The van der Waals surface area contributed by atoms with E-state index in [-0.39, 0.29) is 0 Å². The smallest absolute Gasteiger partial charge is 0.226 e. The van der Waals surface area contributed by atoms with Crippen LogP contribution < -0.4 is 0 Å². The van der Waals surface area contributed by atoms with Crippen LogP contribution in [0.4, 0.5) is 0 Å². The van der Waals surface area contributed by atoms with E-state index in [1.165, 1.54) is 17.3 Å². The number of rotatable bonds is 6. The molecule has 23 heavy (non-hydrogen) atoms. The van der Waals surface area contributed by atoms with Crippen LogP contribution >= 0.6 is 11.8 Å². The first-order valence-corrected chi connectivity index (χ1v) is 8.48. The zero-order valence-corrected chi connectivity index (χ0v) is 14.1. The second kappa shape index (κ2) is 6.91. The van der Waals surface area contributed by atoms with Gasteiger partial charge >= 0.3 is 0 Å². The van der Waals surface area contributed by atoms with E-state index >= 15 is 0 Å². The maximum absolute atomic E-state index is 5.50. The van der Waals surface area contributed by atoms with Gasteiger partial charge in [-0.2, -0.15) is 4.68 Å². The molecule has 0 unspecified atom stereocenters. The molecule has 0 aliphatic heterocycles. The van der Waals surface area contributed by atoms with Gasteiger partial charge in [-0.15, -0.1) is 15.3 Å². The monoisotopic (exact) mass is 330 g/mol. The Morgan fingerprint density at radius 2 is 1.83 bits per heavy atom. The minimum Gasteiger partial charge on any atom is -0.424 e. The van der Waals surface area contributed by atoms with E-state index in [2.05, 4.69) is 51.7 Å². The highest BCUT2D eigenvalue weighted by Gasteiger charge is 2.12. The number of hydrogen-bond donors (Lipinski definition) is 0. The molecule has 0 saturated carbocycles. The van der Waals surface area contributed by atoms with Gasteiger partial charge in [0.1, 0.15) is 0 Å². The standard InChI is InChI=1S/C15H18N6OS/c1-4-13-16-17-14(22-13)9-23-15-18-19-20-21(15)12-7-5-11(6-8-12)10(2)3/h5-8,10H,4,9H2,1-3H3. The topological polar surface area (TPSA) is 82.5 Å². The Morgan fingerprint density at radius 3 is 2.48 bits per heavy atom. The van der Waals surface area contributed by atoms with Gasteiger partial charge in [0, 0.05) is 6.42 Å². The molecule has 8 heteroatoms. The molecule has 0 aliphatic rings. The van der Waals surface area contributed by atoms with Gasteiger partial charge in [-0.1, -0.05) is 44.7 Å². The van der Waals surface area contributed by atoms with Crippen LogP contribution in [0.2, 0.25) is 0 Å². The highest BCUT2D eigenvalue weighted by Crippen LogP contribution is 2.23. The van der Waals surface area contributed by atoms with Gasteiger partial charge in [-0.05, 0) is 34.0 Å². The Labute approximate surface area is 138 Å². The van der Waals surface area contributed by atoms with Crippen molar-refractivity contribution >= 4 is 11.8 Å². The van der Waals surface area contributed by atoms with Gasteiger partial charge in [-0.25, -0.2) is 0 Å². The Bertz CT molecular complexity index is 764. The molecular weight excluding hydrogens is 312 g/mol.